The summed E-state index contributed by atoms with van der Waals surface area (Å²) in [6.45, 7) is 6.52. The fraction of sp³-hybridized carbons (Fsp3) is 0.538. The summed E-state index contributed by atoms with van der Waals surface area (Å²) in [7, 11) is 2.07. The molecule has 18 heavy (non-hydrogen) atoms. The first-order valence-corrected chi connectivity index (χ1v) is 7.17. The number of rotatable bonds is 4. The van der Waals surface area contributed by atoms with Gasteiger partial charge in [0, 0.05) is 18.0 Å². The third kappa shape index (κ3) is 2.27. The number of nitrogens with zero attached hydrogens (tertiary/aromatic N) is 3. The number of hydrogen-bond acceptors (Lipinski definition) is 5. The highest BCUT2D eigenvalue weighted by Crippen LogP contribution is 2.32. The third-order valence-corrected chi connectivity index (χ3v) is 4.55. The van der Waals surface area contributed by atoms with E-state index in [4.69, 9.17) is 5.73 Å². The first-order chi connectivity index (χ1) is 8.56. The fourth-order valence-corrected chi connectivity index (χ4v) is 2.87. The van der Waals surface area contributed by atoms with Crippen molar-refractivity contribution in [2.75, 3.05) is 17.7 Å². The lowest BCUT2D eigenvalue weighted by Crippen LogP contribution is -2.29. The van der Waals surface area contributed by atoms with Crippen LogP contribution in [-0.2, 0) is 6.42 Å². The maximum Gasteiger partial charge on any atom is 0.223 e. The van der Waals surface area contributed by atoms with Gasteiger partial charge in [-0.15, -0.1) is 11.3 Å². The molecule has 2 heterocycles. The minimum absolute atomic E-state index is 0.358. The van der Waals surface area contributed by atoms with Crippen molar-refractivity contribution in [3.8, 4) is 0 Å². The predicted molar refractivity (Wildman–Crippen MR) is 79.4 cm³/mol. The van der Waals surface area contributed by atoms with Gasteiger partial charge in [0.05, 0.1) is 5.39 Å². The Morgan fingerprint density at radius 1 is 1.39 bits per heavy atom. The summed E-state index contributed by atoms with van der Waals surface area (Å²) in [5, 5.41) is 1.12. The van der Waals surface area contributed by atoms with Crippen molar-refractivity contribution in [3.05, 3.63) is 10.9 Å². The Hall–Kier alpha value is -1.36. The lowest BCUT2D eigenvalue weighted by atomic mass is 10.2. The molecule has 5 heteroatoms. The molecule has 2 N–H and O–H groups in total. The van der Waals surface area contributed by atoms with Crippen molar-refractivity contribution in [3.63, 3.8) is 0 Å². The van der Waals surface area contributed by atoms with E-state index >= 15 is 0 Å². The highest BCUT2D eigenvalue weighted by Gasteiger charge is 2.16. The van der Waals surface area contributed by atoms with Crippen molar-refractivity contribution in [2.45, 2.75) is 39.7 Å². The molecule has 2 rings (SSSR count). The maximum atomic E-state index is 5.81. The smallest absolute Gasteiger partial charge is 0.223 e. The number of anilines is 2. The van der Waals surface area contributed by atoms with Crippen LogP contribution in [0.15, 0.2) is 6.07 Å². The molecular weight excluding hydrogens is 244 g/mol. The molecule has 98 valence electrons. The summed E-state index contributed by atoms with van der Waals surface area (Å²) >= 11 is 1.70. The van der Waals surface area contributed by atoms with Crippen LogP contribution in [0.2, 0.25) is 0 Å². The lowest BCUT2D eigenvalue weighted by Gasteiger charge is -2.25. The molecule has 1 atom stereocenters. The van der Waals surface area contributed by atoms with Gasteiger partial charge in [0.1, 0.15) is 10.6 Å². The quantitative estimate of drug-likeness (QED) is 0.922. The zero-order chi connectivity index (χ0) is 13.3. The van der Waals surface area contributed by atoms with Gasteiger partial charge < -0.3 is 10.6 Å². The van der Waals surface area contributed by atoms with Crippen molar-refractivity contribution >= 4 is 33.3 Å². The van der Waals surface area contributed by atoms with E-state index in [2.05, 4.69) is 48.8 Å². The molecule has 0 aliphatic rings. The van der Waals surface area contributed by atoms with Crippen LogP contribution in [-0.4, -0.2) is 23.1 Å². The second-order valence-corrected chi connectivity index (χ2v) is 5.67. The fourth-order valence-electron chi connectivity index (χ4n) is 1.90. The first-order valence-electron chi connectivity index (χ1n) is 6.35. The van der Waals surface area contributed by atoms with E-state index in [9.17, 15) is 0 Å². The zero-order valence-corrected chi connectivity index (χ0v) is 12.2. The summed E-state index contributed by atoms with van der Waals surface area (Å²) < 4.78 is 0. The monoisotopic (exact) mass is 264 g/mol. The van der Waals surface area contributed by atoms with Crippen molar-refractivity contribution < 1.29 is 0 Å². The van der Waals surface area contributed by atoms with E-state index in [1.54, 1.807) is 11.3 Å². The van der Waals surface area contributed by atoms with Gasteiger partial charge in [-0.05, 0) is 25.8 Å². The van der Waals surface area contributed by atoms with E-state index in [0.717, 1.165) is 28.9 Å². The van der Waals surface area contributed by atoms with Gasteiger partial charge in [-0.3, -0.25) is 0 Å². The summed E-state index contributed by atoms with van der Waals surface area (Å²) in [4.78, 5) is 13.2. The van der Waals surface area contributed by atoms with Crippen LogP contribution < -0.4 is 10.6 Å². The van der Waals surface area contributed by atoms with Crippen LogP contribution in [0.4, 0.5) is 11.8 Å². The Kier molecular flexibility index (Phi) is 3.71. The molecular formula is C13H20N4S. The number of thiophene rings is 1. The van der Waals surface area contributed by atoms with Gasteiger partial charge in [-0.1, -0.05) is 13.8 Å². The highest BCUT2D eigenvalue weighted by molar-refractivity contribution is 7.18. The van der Waals surface area contributed by atoms with Crippen molar-refractivity contribution in [1.29, 1.82) is 0 Å². The van der Waals surface area contributed by atoms with Crippen LogP contribution in [0.5, 0.6) is 0 Å². The van der Waals surface area contributed by atoms with Crippen LogP contribution in [0.3, 0.4) is 0 Å². The molecule has 0 fully saturated rings. The summed E-state index contributed by atoms with van der Waals surface area (Å²) in [6, 6.07) is 2.63. The molecule has 0 aliphatic heterocycles. The molecule has 0 radical (unpaired) electrons. The van der Waals surface area contributed by atoms with E-state index in [1.165, 1.54) is 4.88 Å². The number of aryl methyl sites for hydroxylation is 1. The lowest BCUT2D eigenvalue weighted by molar-refractivity contribution is 0.659. The van der Waals surface area contributed by atoms with Gasteiger partial charge in [-0.2, -0.15) is 4.98 Å². The van der Waals surface area contributed by atoms with Gasteiger partial charge in [0.25, 0.3) is 0 Å². The average molecular weight is 264 g/mol. The Morgan fingerprint density at radius 3 is 2.72 bits per heavy atom. The van der Waals surface area contributed by atoms with Crippen LogP contribution in [0.1, 0.15) is 32.1 Å². The molecule has 0 saturated carbocycles. The minimum Gasteiger partial charge on any atom is -0.368 e. The summed E-state index contributed by atoms with van der Waals surface area (Å²) in [5.74, 6) is 1.31. The van der Waals surface area contributed by atoms with Crippen LogP contribution in [0.25, 0.3) is 10.2 Å². The summed E-state index contributed by atoms with van der Waals surface area (Å²) in [5.41, 5.74) is 5.81. The molecule has 1 unspecified atom stereocenters. The normalized spacial score (nSPS) is 12.9. The van der Waals surface area contributed by atoms with E-state index in [-0.39, 0.29) is 0 Å². The van der Waals surface area contributed by atoms with E-state index in [1.807, 2.05) is 0 Å². The largest absolute Gasteiger partial charge is 0.368 e. The van der Waals surface area contributed by atoms with Crippen LogP contribution in [0, 0.1) is 0 Å². The number of fused-ring (bicyclic) bond motifs is 1. The summed E-state index contributed by atoms with van der Waals surface area (Å²) in [6.07, 6.45) is 2.10. The van der Waals surface area contributed by atoms with E-state index in [0.29, 0.717) is 12.0 Å². The SMILES string of the molecule is CCc1cc2c(N(C)C(C)CC)nc(N)nc2s1. The van der Waals surface area contributed by atoms with Gasteiger partial charge in [0.2, 0.25) is 5.95 Å². The topological polar surface area (TPSA) is 55.0 Å². The highest BCUT2D eigenvalue weighted by atomic mass is 32.1. The third-order valence-electron chi connectivity index (χ3n) is 3.38. The van der Waals surface area contributed by atoms with Crippen LogP contribution >= 0.6 is 11.3 Å². The Morgan fingerprint density at radius 2 is 2.11 bits per heavy atom. The Bertz CT molecular complexity index is 549. The Labute approximate surface area is 112 Å². The van der Waals surface area contributed by atoms with Crippen molar-refractivity contribution in [2.24, 2.45) is 0 Å². The standard InChI is InChI=1S/C13H20N4S/c1-5-8(3)17(4)11-10-7-9(6-2)18-12(10)16-13(14)15-11/h7-8H,5-6H2,1-4H3,(H2,14,15,16). The first kappa shape index (κ1) is 13.1. The number of nitrogen functional groups attached to an aromatic ring is 1. The van der Waals surface area contributed by atoms with Gasteiger partial charge in [-0.25, -0.2) is 4.98 Å². The average Bonchev–Trinajstić information content (AvgIpc) is 2.78. The zero-order valence-electron chi connectivity index (χ0n) is 11.4. The number of aromatic nitrogens is 2. The molecule has 0 amide bonds. The second-order valence-electron chi connectivity index (χ2n) is 4.56. The molecule has 0 aliphatic carbocycles. The molecule has 2 aromatic heterocycles. The van der Waals surface area contributed by atoms with E-state index < -0.39 is 0 Å². The molecule has 0 spiro atoms. The second kappa shape index (κ2) is 5.10. The maximum absolute atomic E-state index is 5.81. The molecule has 4 nitrogen and oxygen atoms in total. The molecule has 0 aromatic carbocycles. The van der Waals surface area contributed by atoms with Gasteiger partial charge >= 0.3 is 0 Å². The number of nitrogens with two attached hydrogens (primary N) is 1. The molecule has 0 bridgehead atoms. The van der Waals surface area contributed by atoms with Gasteiger partial charge in [0.15, 0.2) is 0 Å². The molecule has 2 aromatic rings. The molecule has 0 saturated heterocycles. The number of hydrogen-bond donors (Lipinski definition) is 1. The predicted octanol–water partition coefficient (Wildman–Crippen LogP) is 3.07. The Balaban J connectivity index is 2.57. The minimum atomic E-state index is 0.358. The van der Waals surface area contributed by atoms with Crippen molar-refractivity contribution in [1.82, 2.24) is 9.97 Å².